The zero-order valence-electron chi connectivity index (χ0n) is 11.2. The predicted octanol–water partition coefficient (Wildman–Crippen LogP) is 3.52. The van der Waals surface area contributed by atoms with Gasteiger partial charge < -0.3 is 5.32 Å². The van der Waals surface area contributed by atoms with Gasteiger partial charge in [-0.2, -0.15) is 11.8 Å². The number of amidine groups is 1. The fourth-order valence-electron chi connectivity index (χ4n) is 2.28. The smallest absolute Gasteiger partial charge is 0.157 e. The quantitative estimate of drug-likeness (QED) is 0.850. The highest BCUT2D eigenvalue weighted by atomic mass is 32.2. The molecule has 98 valence electrons. The predicted molar refractivity (Wildman–Crippen MR) is 81.3 cm³/mol. The molecular formula is C13H24N2S2. The Hall–Kier alpha value is 0.170. The van der Waals surface area contributed by atoms with Crippen LogP contribution in [0.3, 0.4) is 0 Å². The summed E-state index contributed by atoms with van der Waals surface area (Å²) in [6.45, 7) is 7.91. The first kappa shape index (κ1) is 13.6. The normalized spacial score (nSPS) is 40.5. The Morgan fingerprint density at radius 2 is 2.12 bits per heavy atom. The lowest BCUT2D eigenvalue weighted by atomic mass is 9.96. The van der Waals surface area contributed by atoms with Gasteiger partial charge in [-0.05, 0) is 45.3 Å². The van der Waals surface area contributed by atoms with Gasteiger partial charge in [-0.3, -0.25) is 4.99 Å². The van der Waals surface area contributed by atoms with E-state index in [-0.39, 0.29) is 5.54 Å². The molecule has 17 heavy (non-hydrogen) atoms. The zero-order chi connectivity index (χ0) is 12.4. The van der Waals surface area contributed by atoms with Gasteiger partial charge >= 0.3 is 0 Å². The number of hydrogen-bond donors (Lipinski definition) is 1. The molecule has 0 saturated carbocycles. The summed E-state index contributed by atoms with van der Waals surface area (Å²) in [7, 11) is 0. The molecule has 0 spiro atoms. The Morgan fingerprint density at radius 3 is 2.76 bits per heavy atom. The standard InChI is InChI=1S/C13H24N2S2/c1-4-12(2)7-9-16-11(15-12)14-10-13(3)6-5-8-17-13/h4-10H2,1-3H3,(H,14,15). The summed E-state index contributed by atoms with van der Waals surface area (Å²) >= 11 is 3.99. The molecule has 0 aromatic carbocycles. The third kappa shape index (κ3) is 3.57. The van der Waals surface area contributed by atoms with Gasteiger partial charge in [0.15, 0.2) is 5.17 Å². The van der Waals surface area contributed by atoms with Gasteiger partial charge in [0.25, 0.3) is 0 Å². The van der Waals surface area contributed by atoms with Crippen molar-refractivity contribution in [3.8, 4) is 0 Å². The van der Waals surface area contributed by atoms with Gasteiger partial charge in [0, 0.05) is 16.0 Å². The van der Waals surface area contributed by atoms with Crippen LogP contribution in [0, 0.1) is 0 Å². The summed E-state index contributed by atoms with van der Waals surface area (Å²) in [6.07, 6.45) is 5.11. The molecule has 1 N–H and O–H groups in total. The van der Waals surface area contributed by atoms with E-state index in [1.54, 1.807) is 0 Å². The van der Waals surface area contributed by atoms with Crippen LogP contribution >= 0.6 is 23.5 Å². The molecule has 4 heteroatoms. The zero-order valence-corrected chi connectivity index (χ0v) is 12.8. The maximum absolute atomic E-state index is 4.83. The summed E-state index contributed by atoms with van der Waals surface area (Å²) in [6, 6.07) is 0. The molecule has 2 unspecified atom stereocenters. The molecule has 0 radical (unpaired) electrons. The van der Waals surface area contributed by atoms with Crippen LogP contribution in [0.1, 0.15) is 46.5 Å². The van der Waals surface area contributed by atoms with Gasteiger partial charge in [-0.1, -0.05) is 18.7 Å². The third-order valence-electron chi connectivity index (χ3n) is 3.94. The first-order chi connectivity index (χ1) is 8.05. The lowest BCUT2D eigenvalue weighted by Crippen LogP contribution is -2.48. The average molecular weight is 272 g/mol. The van der Waals surface area contributed by atoms with Crippen molar-refractivity contribution < 1.29 is 0 Å². The maximum Gasteiger partial charge on any atom is 0.157 e. The van der Waals surface area contributed by atoms with Crippen LogP contribution in [0.5, 0.6) is 0 Å². The minimum Gasteiger partial charge on any atom is -0.360 e. The van der Waals surface area contributed by atoms with Gasteiger partial charge in [-0.15, -0.1) is 0 Å². The molecule has 0 bridgehead atoms. The molecule has 0 aromatic heterocycles. The molecule has 2 fully saturated rings. The van der Waals surface area contributed by atoms with E-state index in [4.69, 9.17) is 4.99 Å². The number of thioether (sulfide) groups is 2. The molecule has 2 rings (SSSR count). The molecule has 2 aliphatic rings. The fraction of sp³-hybridized carbons (Fsp3) is 0.923. The van der Waals surface area contributed by atoms with Crippen molar-refractivity contribution in [2.24, 2.45) is 4.99 Å². The summed E-state index contributed by atoms with van der Waals surface area (Å²) in [4.78, 5) is 4.83. The van der Waals surface area contributed by atoms with Gasteiger partial charge in [0.1, 0.15) is 0 Å². The van der Waals surface area contributed by atoms with E-state index in [2.05, 4.69) is 37.8 Å². The maximum atomic E-state index is 4.83. The van der Waals surface area contributed by atoms with Crippen LogP contribution in [0.15, 0.2) is 4.99 Å². The van der Waals surface area contributed by atoms with Crippen LogP contribution in [-0.4, -0.2) is 33.5 Å². The monoisotopic (exact) mass is 272 g/mol. The van der Waals surface area contributed by atoms with E-state index in [0.29, 0.717) is 4.75 Å². The van der Waals surface area contributed by atoms with Crippen molar-refractivity contribution in [3.63, 3.8) is 0 Å². The Labute approximate surface area is 114 Å². The first-order valence-corrected chi connectivity index (χ1v) is 8.62. The molecular weight excluding hydrogens is 248 g/mol. The van der Waals surface area contributed by atoms with Gasteiger partial charge in [-0.25, -0.2) is 0 Å². The van der Waals surface area contributed by atoms with Crippen molar-refractivity contribution in [2.75, 3.05) is 18.1 Å². The molecule has 2 saturated heterocycles. The van der Waals surface area contributed by atoms with E-state index >= 15 is 0 Å². The van der Waals surface area contributed by atoms with Crippen LogP contribution in [0.2, 0.25) is 0 Å². The molecule has 0 aliphatic carbocycles. The van der Waals surface area contributed by atoms with Crippen molar-refractivity contribution >= 4 is 28.7 Å². The largest absolute Gasteiger partial charge is 0.360 e. The lowest BCUT2D eigenvalue weighted by molar-refractivity contribution is 0.389. The van der Waals surface area contributed by atoms with Crippen LogP contribution in [0.25, 0.3) is 0 Å². The Kier molecular flexibility index (Phi) is 4.35. The van der Waals surface area contributed by atoms with Crippen molar-refractivity contribution in [1.82, 2.24) is 5.32 Å². The molecule has 2 heterocycles. The van der Waals surface area contributed by atoms with E-state index in [1.165, 1.54) is 42.4 Å². The Bertz CT molecular complexity index is 298. The summed E-state index contributed by atoms with van der Waals surface area (Å²) in [5.74, 6) is 2.52. The average Bonchev–Trinajstić information content (AvgIpc) is 2.75. The summed E-state index contributed by atoms with van der Waals surface area (Å²) < 4.78 is 0.398. The SMILES string of the molecule is CCC1(C)CCSC(=NCC2(C)CCCS2)N1. The van der Waals surface area contributed by atoms with Gasteiger partial charge in [0.05, 0.1) is 6.54 Å². The lowest BCUT2D eigenvalue weighted by Gasteiger charge is -2.35. The first-order valence-electron chi connectivity index (χ1n) is 6.65. The second-order valence-corrected chi connectivity index (χ2v) is 8.43. The van der Waals surface area contributed by atoms with Crippen LogP contribution < -0.4 is 5.32 Å². The topological polar surface area (TPSA) is 24.4 Å². The number of hydrogen-bond acceptors (Lipinski definition) is 3. The Balaban J connectivity index is 1.93. The van der Waals surface area contributed by atoms with E-state index < -0.39 is 0 Å². The fourth-order valence-corrected chi connectivity index (χ4v) is 4.73. The Morgan fingerprint density at radius 1 is 1.29 bits per heavy atom. The molecule has 2 nitrogen and oxygen atoms in total. The molecule has 0 aromatic rings. The van der Waals surface area contributed by atoms with E-state index in [1.807, 2.05) is 11.8 Å². The minimum absolute atomic E-state index is 0.272. The number of rotatable bonds is 3. The second-order valence-electron chi connectivity index (χ2n) is 5.66. The van der Waals surface area contributed by atoms with Crippen LogP contribution in [0.4, 0.5) is 0 Å². The molecule has 2 atom stereocenters. The summed E-state index contributed by atoms with van der Waals surface area (Å²) in [5, 5.41) is 4.80. The van der Waals surface area contributed by atoms with Crippen molar-refractivity contribution in [3.05, 3.63) is 0 Å². The van der Waals surface area contributed by atoms with Crippen molar-refractivity contribution in [1.29, 1.82) is 0 Å². The molecule has 0 amide bonds. The van der Waals surface area contributed by atoms with Crippen molar-refractivity contribution in [2.45, 2.75) is 56.7 Å². The highest BCUT2D eigenvalue weighted by Gasteiger charge is 2.31. The summed E-state index contributed by atoms with van der Waals surface area (Å²) in [5.41, 5.74) is 0.272. The number of nitrogens with zero attached hydrogens (tertiary/aromatic N) is 1. The number of aliphatic imine (C=N–C) groups is 1. The van der Waals surface area contributed by atoms with Gasteiger partial charge in [0.2, 0.25) is 0 Å². The highest BCUT2D eigenvalue weighted by molar-refractivity contribution is 8.13. The van der Waals surface area contributed by atoms with E-state index in [9.17, 15) is 0 Å². The van der Waals surface area contributed by atoms with E-state index in [0.717, 1.165) is 6.54 Å². The third-order valence-corrected chi connectivity index (χ3v) is 6.38. The van der Waals surface area contributed by atoms with Crippen LogP contribution in [-0.2, 0) is 0 Å². The molecule has 2 aliphatic heterocycles. The second kappa shape index (κ2) is 5.43. The number of nitrogens with one attached hydrogen (secondary N) is 1. The minimum atomic E-state index is 0.272. The highest BCUT2D eigenvalue weighted by Crippen LogP contribution is 2.38.